The van der Waals surface area contributed by atoms with Crippen molar-refractivity contribution >= 4 is 0 Å². The lowest BCUT2D eigenvalue weighted by atomic mass is 10.1. The van der Waals surface area contributed by atoms with Crippen LogP contribution in [-0.2, 0) is 0 Å². The minimum Gasteiger partial charge on any atom is -0.330 e. The first-order valence-electron chi connectivity index (χ1n) is 12.6. The van der Waals surface area contributed by atoms with Crippen molar-refractivity contribution in [2.24, 2.45) is 0 Å². The van der Waals surface area contributed by atoms with Crippen molar-refractivity contribution in [2.45, 2.75) is 71.1 Å². The molecule has 0 aromatic rings. The Bertz CT molecular complexity index is 362. The monoisotopic (exact) mass is 414 g/mol. The van der Waals surface area contributed by atoms with Gasteiger partial charge in [0.05, 0.1) is 54.9 Å². The molecule has 0 aliphatic heterocycles. The van der Waals surface area contributed by atoms with Gasteiger partial charge in [0.2, 0.25) is 0 Å². The molecule has 0 unspecified atom stereocenters. The van der Waals surface area contributed by atoms with Gasteiger partial charge < -0.3 is 8.97 Å². The van der Waals surface area contributed by atoms with E-state index in [0.717, 1.165) is 4.48 Å². The molecular weight excluding hydrogens is 356 g/mol. The van der Waals surface area contributed by atoms with E-state index in [4.69, 9.17) is 0 Å². The summed E-state index contributed by atoms with van der Waals surface area (Å²) in [7, 11) is 16.2. The Morgan fingerprint density at radius 3 is 1.34 bits per heavy atom. The number of hydrogen-bond acceptors (Lipinski definition) is 2. The first-order chi connectivity index (χ1) is 13.6. The van der Waals surface area contributed by atoms with Gasteiger partial charge in [0.15, 0.2) is 0 Å². The van der Waals surface area contributed by atoms with Crippen LogP contribution in [0.25, 0.3) is 0 Å². The van der Waals surface area contributed by atoms with Crippen molar-refractivity contribution in [3.05, 3.63) is 0 Å². The fraction of sp³-hybridized carbons (Fsp3) is 1.00. The molecule has 0 spiro atoms. The molecule has 0 aliphatic rings. The molecule has 0 bridgehead atoms. The summed E-state index contributed by atoms with van der Waals surface area (Å²) in [6, 6.07) is 0. The maximum absolute atomic E-state index is 2.51. The summed E-state index contributed by atoms with van der Waals surface area (Å²) in [5.41, 5.74) is 0. The molecule has 0 aromatic carbocycles. The topological polar surface area (TPSA) is 6.48 Å². The third-order valence-corrected chi connectivity index (χ3v) is 6.22. The van der Waals surface area contributed by atoms with Gasteiger partial charge >= 0.3 is 0 Å². The fourth-order valence-corrected chi connectivity index (χ4v) is 3.62. The summed E-state index contributed by atoms with van der Waals surface area (Å²) >= 11 is 0. The van der Waals surface area contributed by atoms with Gasteiger partial charge in [0.1, 0.15) is 0 Å². The molecule has 0 amide bonds. The summed E-state index contributed by atoms with van der Waals surface area (Å²) in [6.45, 7) is 10.8. The summed E-state index contributed by atoms with van der Waals surface area (Å²) in [5.74, 6) is 0. The second kappa shape index (κ2) is 16.5. The Morgan fingerprint density at radius 1 is 0.483 bits per heavy atom. The lowest BCUT2D eigenvalue weighted by molar-refractivity contribution is -0.890. The van der Waals surface area contributed by atoms with Crippen LogP contribution >= 0.6 is 0 Å². The second-order valence-electron chi connectivity index (χ2n) is 11.2. The van der Waals surface area contributed by atoms with Crippen LogP contribution in [0, 0.1) is 0 Å². The highest BCUT2D eigenvalue weighted by Crippen LogP contribution is 2.11. The number of unbranched alkanes of at least 4 members (excludes halogenated alkanes) is 9. The summed E-state index contributed by atoms with van der Waals surface area (Å²) < 4.78 is 2.21. The molecule has 0 heterocycles. The van der Waals surface area contributed by atoms with Gasteiger partial charge in [-0.2, -0.15) is 0 Å². The molecule has 0 aromatic heterocycles. The van der Waals surface area contributed by atoms with Crippen LogP contribution in [0.3, 0.4) is 0 Å². The third-order valence-electron chi connectivity index (χ3n) is 6.22. The van der Waals surface area contributed by atoms with E-state index in [2.05, 4.69) is 66.1 Å². The van der Waals surface area contributed by atoms with Crippen LogP contribution < -0.4 is 0 Å². The average Bonchev–Trinajstić information content (AvgIpc) is 2.64. The lowest BCUT2D eigenvalue weighted by Crippen LogP contribution is -2.46. The third kappa shape index (κ3) is 20.9. The van der Waals surface area contributed by atoms with Crippen LogP contribution in [0.1, 0.15) is 71.1 Å². The van der Waals surface area contributed by atoms with Gasteiger partial charge in [0.25, 0.3) is 0 Å². The molecule has 0 N–H and O–H groups in total. The molecule has 29 heavy (non-hydrogen) atoms. The Kier molecular flexibility index (Phi) is 16.4. The maximum atomic E-state index is 2.51. The largest absolute Gasteiger partial charge is 0.330 e. The van der Waals surface area contributed by atoms with Gasteiger partial charge in [-0.15, -0.1) is 0 Å². The standard InChI is InChI=1S/C25H58N4/c1-9-10-11-12-13-14-15-16-17-18-23-29(7,8)25-22-27(3)20-19-26(2)21-24-28(4,5)6/h9-25H2,1-8H3/q+2. The van der Waals surface area contributed by atoms with Crippen molar-refractivity contribution in [3.8, 4) is 0 Å². The van der Waals surface area contributed by atoms with Gasteiger partial charge in [-0.05, 0) is 26.9 Å². The molecule has 0 atom stereocenters. The normalized spacial score (nSPS) is 13.0. The van der Waals surface area contributed by atoms with E-state index in [1.807, 2.05) is 0 Å². The van der Waals surface area contributed by atoms with Crippen LogP contribution in [0.15, 0.2) is 0 Å². The molecule has 0 fully saturated rings. The first kappa shape index (κ1) is 28.8. The van der Waals surface area contributed by atoms with Gasteiger partial charge in [0, 0.05) is 26.2 Å². The minimum atomic E-state index is 1.05. The lowest BCUT2D eigenvalue weighted by Gasteiger charge is -2.32. The summed E-state index contributed by atoms with van der Waals surface area (Å²) in [4.78, 5) is 4.99. The Hall–Kier alpha value is -0.160. The van der Waals surface area contributed by atoms with E-state index in [0.29, 0.717) is 0 Å². The first-order valence-corrected chi connectivity index (χ1v) is 12.6. The zero-order valence-corrected chi connectivity index (χ0v) is 21.8. The zero-order valence-electron chi connectivity index (χ0n) is 21.8. The highest BCUT2D eigenvalue weighted by molar-refractivity contribution is 4.57. The SMILES string of the molecule is CCCCCCCCCCCC[N+](C)(C)CCN(C)CCN(C)CC[N+](C)(C)C. The minimum absolute atomic E-state index is 1.05. The van der Waals surface area contributed by atoms with Crippen molar-refractivity contribution < 1.29 is 8.97 Å². The van der Waals surface area contributed by atoms with Crippen molar-refractivity contribution in [2.75, 3.05) is 95.1 Å². The molecule has 0 radical (unpaired) electrons. The number of likely N-dealkylation sites (N-methyl/N-ethyl adjacent to an activating group) is 4. The van der Waals surface area contributed by atoms with Crippen LogP contribution in [0.4, 0.5) is 0 Å². The molecule has 0 saturated carbocycles. The molecule has 176 valence electrons. The number of quaternary nitrogens is 2. The van der Waals surface area contributed by atoms with Gasteiger partial charge in [-0.1, -0.05) is 58.3 Å². The van der Waals surface area contributed by atoms with Crippen molar-refractivity contribution in [3.63, 3.8) is 0 Å². The van der Waals surface area contributed by atoms with E-state index in [1.165, 1.54) is 115 Å². The maximum Gasteiger partial charge on any atom is 0.0911 e. The molecule has 0 saturated heterocycles. The van der Waals surface area contributed by atoms with Crippen LogP contribution in [0.2, 0.25) is 0 Å². The highest BCUT2D eigenvalue weighted by atomic mass is 15.3. The Morgan fingerprint density at radius 2 is 0.897 bits per heavy atom. The predicted molar refractivity (Wildman–Crippen MR) is 132 cm³/mol. The van der Waals surface area contributed by atoms with Crippen molar-refractivity contribution in [1.82, 2.24) is 9.80 Å². The molecule has 4 nitrogen and oxygen atoms in total. The number of hydrogen-bond donors (Lipinski definition) is 0. The number of rotatable bonds is 20. The van der Waals surface area contributed by atoms with Crippen molar-refractivity contribution in [1.29, 1.82) is 0 Å². The fourth-order valence-electron chi connectivity index (χ4n) is 3.62. The highest BCUT2D eigenvalue weighted by Gasteiger charge is 2.16. The predicted octanol–water partition coefficient (Wildman–Crippen LogP) is 4.55. The Balaban J connectivity index is 3.68. The Labute approximate surface area is 185 Å². The summed E-state index contributed by atoms with van der Waals surface area (Å²) in [5, 5.41) is 0. The quantitative estimate of drug-likeness (QED) is 0.213. The van der Waals surface area contributed by atoms with Gasteiger partial charge in [-0.3, -0.25) is 9.80 Å². The molecule has 0 rings (SSSR count). The smallest absolute Gasteiger partial charge is 0.0911 e. The van der Waals surface area contributed by atoms with Crippen LogP contribution in [0.5, 0.6) is 0 Å². The van der Waals surface area contributed by atoms with E-state index >= 15 is 0 Å². The molecular formula is C25H58N4+2. The van der Waals surface area contributed by atoms with E-state index in [-0.39, 0.29) is 0 Å². The molecule has 0 aliphatic carbocycles. The second-order valence-corrected chi connectivity index (χ2v) is 11.2. The van der Waals surface area contributed by atoms with E-state index in [1.54, 1.807) is 0 Å². The van der Waals surface area contributed by atoms with Gasteiger partial charge in [-0.25, -0.2) is 0 Å². The number of nitrogens with zero attached hydrogens (tertiary/aromatic N) is 4. The molecule has 4 heteroatoms. The van der Waals surface area contributed by atoms with E-state index in [9.17, 15) is 0 Å². The van der Waals surface area contributed by atoms with E-state index < -0.39 is 0 Å². The average molecular weight is 415 g/mol. The zero-order chi connectivity index (χ0) is 22.2. The van der Waals surface area contributed by atoms with Crippen LogP contribution in [-0.4, -0.2) is 114 Å². The summed E-state index contributed by atoms with van der Waals surface area (Å²) in [6.07, 6.45) is 14.3.